The maximum atomic E-state index is 10.7. The predicted molar refractivity (Wildman–Crippen MR) is 128 cm³/mol. The molecular weight excluding hydrogens is 416 g/mol. The highest BCUT2D eigenvalue weighted by Crippen LogP contribution is 2.68. The van der Waals surface area contributed by atoms with Crippen molar-refractivity contribution in [3.63, 3.8) is 0 Å². The number of rotatable bonds is 2. The van der Waals surface area contributed by atoms with Gasteiger partial charge in [-0.05, 0) is 89.8 Å². The van der Waals surface area contributed by atoms with Crippen LogP contribution in [0.2, 0.25) is 0 Å². The fourth-order valence-electron chi connectivity index (χ4n) is 7.49. The molecule has 0 unspecified atom stereocenters. The van der Waals surface area contributed by atoms with Crippen molar-refractivity contribution in [3.05, 3.63) is 52.6 Å². The topological polar surface area (TPSA) is 101 Å². The zero-order chi connectivity index (χ0) is 23.1. The van der Waals surface area contributed by atoms with Crippen LogP contribution >= 0.6 is 0 Å². The molecule has 5 N–H and O–H groups in total. The summed E-state index contributed by atoms with van der Waals surface area (Å²) in [6.07, 6.45) is 8.84. The molecule has 3 aromatic carbocycles. The van der Waals surface area contributed by atoms with E-state index in [0.717, 1.165) is 67.2 Å². The van der Waals surface area contributed by atoms with E-state index in [1.165, 1.54) is 11.6 Å². The van der Waals surface area contributed by atoms with E-state index in [0.29, 0.717) is 5.39 Å². The first-order valence-corrected chi connectivity index (χ1v) is 11.8. The molecule has 1 spiro atoms. The monoisotopic (exact) mass is 444 g/mol. The number of hydrogen-bond donors (Lipinski definition) is 5. The average molecular weight is 445 g/mol. The van der Waals surface area contributed by atoms with Gasteiger partial charge in [0, 0.05) is 11.0 Å². The molecule has 0 aliphatic heterocycles. The van der Waals surface area contributed by atoms with E-state index in [9.17, 15) is 25.5 Å². The van der Waals surface area contributed by atoms with Crippen LogP contribution in [0.25, 0.3) is 22.4 Å². The Kier molecular flexibility index (Phi) is 4.05. The van der Waals surface area contributed by atoms with Crippen molar-refractivity contribution < 1.29 is 25.5 Å². The van der Waals surface area contributed by atoms with Crippen LogP contribution in [0.4, 0.5) is 0 Å². The van der Waals surface area contributed by atoms with Crippen LogP contribution in [0.1, 0.15) is 67.7 Å². The van der Waals surface area contributed by atoms with E-state index in [1.807, 2.05) is 12.1 Å². The molecule has 0 saturated heterocycles. The Balaban J connectivity index is 1.68. The van der Waals surface area contributed by atoms with E-state index in [2.05, 4.69) is 6.92 Å². The van der Waals surface area contributed by atoms with E-state index < -0.39 is 0 Å². The Labute approximate surface area is 192 Å². The highest BCUT2D eigenvalue weighted by Gasteiger charge is 2.59. The highest BCUT2D eigenvalue weighted by molar-refractivity contribution is 6.05. The first-order valence-electron chi connectivity index (χ1n) is 11.8. The number of fused-ring (bicyclic) bond motifs is 1. The van der Waals surface area contributed by atoms with Crippen molar-refractivity contribution >= 4 is 22.4 Å². The third kappa shape index (κ3) is 2.42. The quantitative estimate of drug-likeness (QED) is 0.309. The summed E-state index contributed by atoms with van der Waals surface area (Å²) >= 11 is 0. The van der Waals surface area contributed by atoms with Crippen LogP contribution in [0.3, 0.4) is 0 Å². The maximum Gasteiger partial charge on any atom is 0.169 e. The lowest BCUT2D eigenvalue weighted by Crippen LogP contribution is -2.46. The number of allylic oxidation sites excluding steroid dienone is 1. The molecule has 0 bridgehead atoms. The van der Waals surface area contributed by atoms with Gasteiger partial charge in [-0.1, -0.05) is 31.6 Å². The van der Waals surface area contributed by atoms with Crippen LogP contribution in [0.5, 0.6) is 28.7 Å². The molecule has 0 amide bonds. The molecule has 3 aliphatic carbocycles. The minimum absolute atomic E-state index is 0.0132. The van der Waals surface area contributed by atoms with Gasteiger partial charge in [-0.2, -0.15) is 0 Å². The minimum atomic E-state index is -0.326. The summed E-state index contributed by atoms with van der Waals surface area (Å²) in [5, 5.41) is 53.6. The molecule has 5 nitrogen and oxygen atoms in total. The zero-order valence-corrected chi connectivity index (χ0v) is 18.6. The maximum absolute atomic E-state index is 10.7. The Morgan fingerprint density at radius 2 is 1.67 bits per heavy atom. The van der Waals surface area contributed by atoms with Gasteiger partial charge in [0.25, 0.3) is 0 Å². The molecule has 0 radical (unpaired) electrons. The molecule has 1 fully saturated rings. The number of phenols is 5. The molecular formula is C28H28O5. The van der Waals surface area contributed by atoms with Crippen LogP contribution < -0.4 is 0 Å². The number of aromatic hydroxyl groups is 5. The standard InChI is InChI=1S/C28H28O5/c1-2-27-8-4-9-28(27)14-16(11-15-12-21(30)25(32)18(7-10-27)24(15)28)19-13-22(31)26(33)23-17(19)5-3-6-20(23)29/h3,5-6,11-13,29-33H,2,4,7-10,14H2,1H3/t27-,28+/m0/s1. The van der Waals surface area contributed by atoms with Crippen molar-refractivity contribution in [2.24, 2.45) is 5.41 Å². The normalized spacial score (nSPS) is 25.5. The fourth-order valence-corrected chi connectivity index (χ4v) is 7.49. The van der Waals surface area contributed by atoms with Crippen molar-refractivity contribution in [2.45, 2.75) is 57.3 Å². The molecule has 2 atom stereocenters. The van der Waals surface area contributed by atoms with Gasteiger partial charge in [0.1, 0.15) is 5.75 Å². The van der Waals surface area contributed by atoms with E-state index >= 15 is 0 Å². The number of benzene rings is 3. The van der Waals surface area contributed by atoms with Crippen molar-refractivity contribution in [1.29, 1.82) is 0 Å². The molecule has 6 rings (SSSR count). The Hall–Kier alpha value is -3.34. The first kappa shape index (κ1) is 20.3. The third-order valence-electron chi connectivity index (χ3n) is 8.96. The zero-order valence-electron chi connectivity index (χ0n) is 18.6. The summed E-state index contributed by atoms with van der Waals surface area (Å²) in [6.45, 7) is 2.26. The van der Waals surface area contributed by atoms with Crippen LogP contribution in [-0.2, 0) is 11.8 Å². The molecule has 0 heterocycles. The van der Waals surface area contributed by atoms with E-state index in [4.69, 9.17) is 0 Å². The lowest BCUT2D eigenvalue weighted by molar-refractivity contribution is 0.117. The predicted octanol–water partition coefficient (Wildman–Crippen LogP) is 6.08. The first-order chi connectivity index (χ1) is 15.8. The van der Waals surface area contributed by atoms with Gasteiger partial charge >= 0.3 is 0 Å². The second-order valence-corrected chi connectivity index (χ2v) is 10.1. The molecule has 1 saturated carbocycles. The largest absolute Gasteiger partial charge is 0.507 e. The van der Waals surface area contributed by atoms with Crippen molar-refractivity contribution in [3.8, 4) is 28.7 Å². The second-order valence-electron chi connectivity index (χ2n) is 10.1. The summed E-state index contributed by atoms with van der Waals surface area (Å²) < 4.78 is 0. The lowest BCUT2D eigenvalue weighted by atomic mass is 9.50. The van der Waals surface area contributed by atoms with Gasteiger partial charge in [0.2, 0.25) is 0 Å². The fraction of sp³-hybridized carbons (Fsp3) is 0.357. The summed E-state index contributed by atoms with van der Waals surface area (Å²) in [5.74, 6) is -0.764. The SMILES string of the molecule is CC[C@@]12CCC[C@]13CC(c1cc(O)c(O)c4c(O)cccc14)=Cc1cc(O)c(O)c(c13)CC2. The second kappa shape index (κ2) is 6.60. The Morgan fingerprint density at radius 3 is 2.45 bits per heavy atom. The smallest absolute Gasteiger partial charge is 0.169 e. The van der Waals surface area contributed by atoms with Gasteiger partial charge in [-0.3, -0.25) is 0 Å². The molecule has 3 aromatic rings. The Morgan fingerprint density at radius 1 is 0.879 bits per heavy atom. The van der Waals surface area contributed by atoms with E-state index in [1.54, 1.807) is 18.2 Å². The highest BCUT2D eigenvalue weighted by atomic mass is 16.3. The summed E-state index contributed by atoms with van der Waals surface area (Å²) in [6, 6.07) is 8.33. The minimum Gasteiger partial charge on any atom is -0.507 e. The lowest BCUT2D eigenvalue weighted by Gasteiger charge is -2.53. The number of hydrogen-bond acceptors (Lipinski definition) is 5. The summed E-state index contributed by atoms with van der Waals surface area (Å²) in [4.78, 5) is 0. The average Bonchev–Trinajstić information content (AvgIpc) is 3.17. The Bertz CT molecular complexity index is 1370. The molecule has 3 aliphatic rings. The van der Waals surface area contributed by atoms with Gasteiger partial charge in [0.05, 0.1) is 5.39 Å². The summed E-state index contributed by atoms with van der Waals surface area (Å²) in [7, 11) is 0. The number of phenolic OH excluding ortho intramolecular Hbond substituents is 5. The van der Waals surface area contributed by atoms with Crippen LogP contribution in [0.15, 0.2) is 30.3 Å². The van der Waals surface area contributed by atoms with Gasteiger partial charge in [-0.15, -0.1) is 0 Å². The van der Waals surface area contributed by atoms with Crippen LogP contribution in [0, 0.1) is 5.41 Å². The van der Waals surface area contributed by atoms with Gasteiger partial charge in [0.15, 0.2) is 23.0 Å². The van der Waals surface area contributed by atoms with Gasteiger partial charge in [-0.25, -0.2) is 0 Å². The molecule has 0 aromatic heterocycles. The third-order valence-corrected chi connectivity index (χ3v) is 8.96. The van der Waals surface area contributed by atoms with E-state index in [-0.39, 0.29) is 45.0 Å². The van der Waals surface area contributed by atoms with Crippen molar-refractivity contribution in [1.82, 2.24) is 0 Å². The van der Waals surface area contributed by atoms with Crippen LogP contribution in [-0.4, -0.2) is 25.5 Å². The summed E-state index contributed by atoms with van der Waals surface area (Å²) in [5.41, 5.74) is 4.72. The van der Waals surface area contributed by atoms with Gasteiger partial charge < -0.3 is 25.5 Å². The van der Waals surface area contributed by atoms with Crippen molar-refractivity contribution in [2.75, 3.05) is 0 Å². The molecule has 170 valence electrons. The molecule has 5 heteroatoms. The molecule has 33 heavy (non-hydrogen) atoms.